The molecule has 0 saturated carbocycles. The smallest absolute Gasteiger partial charge is 0.230 e. The van der Waals surface area contributed by atoms with Crippen LogP contribution in [0.25, 0.3) is 11.1 Å². The number of hydrogen-bond donors (Lipinski definition) is 1. The first-order valence-electron chi connectivity index (χ1n) is 4.15. The van der Waals surface area contributed by atoms with E-state index >= 15 is 0 Å². The minimum absolute atomic E-state index is 0.132. The number of nitrogen functional groups attached to an aromatic ring is 1. The second-order valence-corrected chi connectivity index (χ2v) is 3.09. The lowest BCUT2D eigenvalue weighted by molar-refractivity contribution is 0.436. The number of halogens is 1. The van der Waals surface area contributed by atoms with E-state index in [4.69, 9.17) is 5.73 Å². The van der Waals surface area contributed by atoms with Gasteiger partial charge in [-0.05, 0) is 18.6 Å². The van der Waals surface area contributed by atoms with Crippen molar-refractivity contribution in [1.29, 1.82) is 0 Å². The predicted octanol–water partition coefficient (Wildman–Crippen LogP) is 2.37. The van der Waals surface area contributed by atoms with Crippen LogP contribution in [-0.2, 0) is 0 Å². The first kappa shape index (κ1) is 8.74. The number of nitrogens with two attached hydrogens (primary N) is 1. The van der Waals surface area contributed by atoms with E-state index in [0.717, 1.165) is 5.56 Å². The van der Waals surface area contributed by atoms with Gasteiger partial charge in [0.05, 0.1) is 11.8 Å². The third-order valence-corrected chi connectivity index (χ3v) is 2.01. The molecule has 0 aliphatic carbocycles. The Morgan fingerprint density at radius 2 is 2.14 bits per heavy atom. The van der Waals surface area contributed by atoms with Gasteiger partial charge in [0.2, 0.25) is 5.88 Å². The van der Waals surface area contributed by atoms with Gasteiger partial charge in [-0.25, -0.2) is 4.39 Å². The Bertz CT molecular complexity index is 465. The molecule has 1 aromatic carbocycles. The van der Waals surface area contributed by atoms with Crippen LogP contribution >= 0.6 is 0 Å². The van der Waals surface area contributed by atoms with Gasteiger partial charge in [-0.2, -0.15) is 0 Å². The van der Waals surface area contributed by atoms with Crippen LogP contribution in [-0.4, -0.2) is 5.16 Å². The van der Waals surface area contributed by atoms with E-state index < -0.39 is 0 Å². The number of benzene rings is 1. The molecule has 0 aliphatic heterocycles. The summed E-state index contributed by atoms with van der Waals surface area (Å²) >= 11 is 0. The van der Waals surface area contributed by atoms with Crippen LogP contribution in [0.1, 0.15) is 5.56 Å². The highest BCUT2D eigenvalue weighted by Gasteiger charge is 2.11. The lowest BCUT2D eigenvalue weighted by Crippen LogP contribution is -1.88. The molecule has 2 aromatic rings. The highest BCUT2D eigenvalue weighted by atomic mass is 19.1. The maximum atomic E-state index is 13.5. The van der Waals surface area contributed by atoms with Gasteiger partial charge in [0, 0.05) is 5.56 Å². The highest BCUT2D eigenvalue weighted by molar-refractivity contribution is 5.72. The van der Waals surface area contributed by atoms with Crippen molar-refractivity contribution >= 4 is 5.88 Å². The van der Waals surface area contributed by atoms with Gasteiger partial charge in [-0.3, -0.25) is 0 Å². The lowest BCUT2D eigenvalue weighted by Gasteiger charge is -2.00. The molecule has 0 spiro atoms. The Morgan fingerprint density at radius 1 is 1.36 bits per heavy atom. The van der Waals surface area contributed by atoms with Crippen molar-refractivity contribution in [1.82, 2.24) is 5.16 Å². The van der Waals surface area contributed by atoms with Gasteiger partial charge in [-0.1, -0.05) is 17.3 Å². The molecule has 0 unspecified atom stereocenters. The first-order valence-corrected chi connectivity index (χ1v) is 4.15. The van der Waals surface area contributed by atoms with Gasteiger partial charge in [0.15, 0.2) is 0 Å². The zero-order valence-corrected chi connectivity index (χ0v) is 7.62. The van der Waals surface area contributed by atoms with E-state index in [1.54, 1.807) is 6.07 Å². The topological polar surface area (TPSA) is 52.0 Å². The van der Waals surface area contributed by atoms with Crippen LogP contribution in [0.15, 0.2) is 28.9 Å². The molecule has 0 fully saturated rings. The number of aryl methyl sites for hydroxylation is 1. The molecular weight excluding hydrogens is 183 g/mol. The van der Waals surface area contributed by atoms with Gasteiger partial charge in [-0.15, -0.1) is 0 Å². The minimum Gasteiger partial charge on any atom is -0.367 e. The largest absolute Gasteiger partial charge is 0.367 e. The summed E-state index contributed by atoms with van der Waals surface area (Å²) in [5.41, 5.74) is 7.25. The molecule has 0 amide bonds. The molecule has 4 heteroatoms. The summed E-state index contributed by atoms with van der Waals surface area (Å²) in [7, 11) is 0. The molecule has 0 atom stereocenters. The SMILES string of the molecule is Cc1ccc(-c2cnoc2N)c(F)c1. The zero-order chi connectivity index (χ0) is 10.1. The van der Waals surface area contributed by atoms with Crippen molar-refractivity contribution in [3.05, 3.63) is 35.8 Å². The van der Waals surface area contributed by atoms with Gasteiger partial charge in [0.25, 0.3) is 0 Å². The van der Waals surface area contributed by atoms with Crippen molar-refractivity contribution in [2.45, 2.75) is 6.92 Å². The van der Waals surface area contributed by atoms with Crippen molar-refractivity contribution in [3.8, 4) is 11.1 Å². The molecule has 72 valence electrons. The van der Waals surface area contributed by atoms with E-state index in [-0.39, 0.29) is 11.7 Å². The fourth-order valence-electron chi connectivity index (χ4n) is 1.29. The first-order chi connectivity index (χ1) is 6.68. The standard InChI is InChI=1S/C10H9FN2O/c1-6-2-3-7(9(11)4-6)8-5-13-14-10(8)12/h2-5H,12H2,1H3. The molecule has 0 aliphatic rings. The highest BCUT2D eigenvalue weighted by Crippen LogP contribution is 2.28. The number of nitrogens with zero attached hydrogens (tertiary/aromatic N) is 1. The summed E-state index contributed by atoms with van der Waals surface area (Å²) in [6.07, 6.45) is 1.41. The molecule has 0 bridgehead atoms. The van der Waals surface area contributed by atoms with Crippen LogP contribution in [0.4, 0.5) is 10.3 Å². The fourth-order valence-corrected chi connectivity index (χ4v) is 1.29. The third kappa shape index (κ3) is 1.35. The van der Waals surface area contributed by atoms with Crippen molar-refractivity contribution in [2.75, 3.05) is 5.73 Å². The summed E-state index contributed by atoms with van der Waals surface area (Å²) in [5, 5.41) is 3.49. The summed E-state index contributed by atoms with van der Waals surface area (Å²) in [6.45, 7) is 1.82. The quantitative estimate of drug-likeness (QED) is 0.754. The molecule has 0 radical (unpaired) electrons. The normalized spacial score (nSPS) is 10.4. The van der Waals surface area contributed by atoms with Gasteiger partial charge in [0.1, 0.15) is 5.82 Å². The average molecular weight is 192 g/mol. The Morgan fingerprint density at radius 3 is 2.71 bits per heavy atom. The maximum absolute atomic E-state index is 13.5. The number of hydrogen-bond acceptors (Lipinski definition) is 3. The average Bonchev–Trinajstić information content (AvgIpc) is 2.52. The fraction of sp³-hybridized carbons (Fsp3) is 0.100. The summed E-state index contributed by atoms with van der Waals surface area (Å²) in [4.78, 5) is 0. The Balaban J connectivity index is 2.58. The molecule has 1 heterocycles. The second kappa shape index (κ2) is 3.14. The molecule has 0 saturated heterocycles. The Kier molecular flexibility index (Phi) is 1.96. The van der Waals surface area contributed by atoms with E-state index in [1.807, 2.05) is 13.0 Å². The van der Waals surface area contributed by atoms with Gasteiger partial charge >= 0.3 is 0 Å². The van der Waals surface area contributed by atoms with E-state index in [0.29, 0.717) is 11.1 Å². The van der Waals surface area contributed by atoms with Gasteiger partial charge < -0.3 is 10.3 Å². The number of aromatic nitrogens is 1. The van der Waals surface area contributed by atoms with Crippen LogP contribution in [0, 0.1) is 12.7 Å². The number of anilines is 1. The van der Waals surface area contributed by atoms with Crippen LogP contribution in [0.3, 0.4) is 0 Å². The second-order valence-electron chi connectivity index (χ2n) is 3.09. The minimum atomic E-state index is -0.320. The predicted molar refractivity (Wildman–Crippen MR) is 51.0 cm³/mol. The summed E-state index contributed by atoms with van der Waals surface area (Å²) in [6, 6.07) is 4.92. The Hall–Kier alpha value is -1.84. The van der Waals surface area contributed by atoms with Crippen molar-refractivity contribution in [2.24, 2.45) is 0 Å². The molecule has 14 heavy (non-hydrogen) atoms. The maximum Gasteiger partial charge on any atom is 0.230 e. The van der Waals surface area contributed by atoms with E-state index in [9.17, 15) is 4.39 Å². The molecule has 3 nitrogen and oxygen atoms in total. The van der Waals surface area contributed by atoms with Crippen molar-refractivity contribution < 1.29 is 8.91 Å². The monoisotopic (exact) mass is 192 g/mol. The van der Waals surface area contributed by atoms with E-state index in [1.165, 1.54) is 12.3 Å². The summed E-state index contributed by atoms with van der Waals surface area (Å²) in [5.74, 6) is -0.187. The molecule has 2 N–H and O–H groups in total. The third-order valence-electron chi connectivity index (χ3n) is 2.01. The zero-order valence-electron chi connectivity index (χ0n) is 7.62. The van der Waals surface area contributed by atoms with Crippen LogP contribution < -0.4 is 5.73 Å². The Labute approximate surface area is 80.3 Å². The molecule has 2 rings (SSSR count). The number of rotatable bonds is 1. The molecular formula is C10H9FN2O. The van der Waals surface area contributed by atoms with E-state index in [2.05, 4.69) is 9.68 Å². The summed E-state index contributed by atoms with van der Waals surface area (Å²) < 4.78 is 18.1. The molecule has 1 aromatic heterocycles. The van der Waals surface area contributed by atoms with Crippen LogP contribution in [0.5, 0.6) is 0 Å². The van der Waals surface area contributed by atoms with Crippen molar-refractivity contribution in [3.63, 3.8) is 0 Å². The van der Waals surface area contributed by atoms with Crippen LogP contribution in [0.2, 0.25) is 0 Å². The lowest BCUT2D eigenvalue weighted by atomic mass is 10.1.